The molecule has 0 spiro atoms. The molecule has 2 rings (SSSR count). The zero-order valence-electron chi connectivity index (χ0n) is 12.8. The van der Waals surface area contributed by atoms with E-state index in [1.54, 1.807) is 6.08 Å². The Balaban J connectivity index is 2.01. The molecule has 24 heavy (non-hydrogen) atoms. The molecular weight excluding hydrogens is 304 g/mol. The molecule has 2 aromatic rings. The van der Waals surface area contributed by atoms with Gasteiger partial charge in [-0.2, -0.15) is 5.26 Å². The number of amides is 1. The summed E-state index contributed by atoms with van der Waals surface area (Å²) in [6.07, 6.45) is 4.46. The smallest absolute Gasteiger partial charge is 0.262 e. The summed E-state index contributed by atoms with van der Waals surface area (Å²) in [7, 11) is 0. The van der Waals surface area contributed by atoms with Crippen LogP contribution in [0.3, 0.4) is 0 Å². The summed E-state index contributed by atoms with van der Waals surface area (Å²) in [5.41, 5.74) is 1.45. The number of hydrogen-bond acceptors (Lipinski definition) is 4. The van der Waals surface area contributed by atoms with Crippen molar-refractivity contribution in [3.05, 3.63) is 77.4 Å². The van der Waals surface area contributed by atoms with Crippen LogP contribution in [-0.4, -0.2) is 16.1 Å². The minimum absolute atomic E-state index is 0.0356. The van der Waals surface area contributed by atoms with Crippen molar-refractivity contribution in [2.45, 2.75) is 6.54 Å². The number of nitrogens with one attached hydrogen (secondary N) is 1. The van der Waals surface area contributed by atoms with Crippen molar-refractivity contribution in [3.63, 3.8) is 0 Å². The molecular formula is C19H16N2O3. The fraction of sp³-hybridized carbons (Fsp3) is 0.0526. The number of carbonyl (C=O) groups is 1. The molecule has 5 nitrogen and oxygen atoms in total. The molecule has 2 aromatic carbocycles. The van der Waals surface area contributed by atoms with Crippen LogP contribution in [0.25, 0.3) is 6.08 Å². The first-order valence-electron chi connectivity index (χ1n) is 7.22. The SMILES string of the molecule is N#CC(=CC=Cc1cc(O)cc(O)c1)C(=O)NCc1ccccc1. The van der Waals surface area contributed by atoms with Crippen molar-refractivity contribution in [2.24, 2.45) is 0 Å². The summed E-state index contributed by atoms with van der Waals surface area (Å²) in [5.74, 6) is -0.607. The van der Waals surface area contributed by atoms with E-state index in [0.717, 1.165) is 5.56 Å². The average Bonchev–Trinajstić information content (AvgIpc) is 2.57. The molecule has 0 heterocycles. The Kier molecular flexibility index (Phi) is 5.76. The van der Waals surface area contributed by atoms with Crippen molar-refractivity contribution in [3.8, 4) is 17.6 Å². The third-order valence-corrected chi connectivity index (χ3v) is 3.14. The second-order valence-corrected chi connectivity index (χ2v) is 5.00. The number of aromatic hydroxyl groups is 2. The van der Waals surface area contributed by atoms with Gasteiger partial charge in [0, 0.05) is 12.6 Å². The molecule has 0 aliphatic heterocycles. The van der Waals surface area contributed by atoms with Crippen molar-refractivity contribution in [1.29, 1.82) is 5.26 Å². The maximum Gasteiger partial charge on any atom is 0.262 e. The first-order chi connectivity index (χ1) is 11.6. The highest BCUT2D eigenvalue weighted by molar-refractivity contribution is 5.97. The molecule has 120 valence electrons. The van der Waals surface area contributed by atoms with Crippen LogP contribution in [0.15, 0.2) is 66.3 Å². The molecule has 0 unspecified atom stereocenters. The fourth-order valence-corrected chi connectivity index (χ4v) is 2.01. The lowest BCUT2D eigenvalue weighted by molar-refractivity contribution is -0.117. The number of nitriles is 1. The van der Waals surface area contributed by atoms with E-state index in [0.29, 0.717) is 12.1 Å². The molecule has 0 atom stereocenters. The third-order valence-electron chi connectivity index (χ3n) is 3.14. The summed E-state index contributed by atoms with van der Waals surface area (Å²) < 4.78 is 0. The van der Waals surface area contributed by atoms with E-state index in [9.17, 15) is 15.0 Å². The fourth-order valence-electron chi connectivity index (χ4n) is 2.01. The second-order valence-electron chi connectivity index (χ2n) is 5.00. The number of carbonyl (C=O) groups excluding carboxylic acids is 1. The second kappa shape index (κ2) is 8.20. The molecule has 0 aromatic heterocycles. The van der Waals surface area contributed by atoms with Crippen LogP contribution < -0.4 is 5.32 Å². The highest BCUT2D eigenvalue weighted by Gasteiger charge is 2.07. The van der Waals surface area contributed by atoms with Gasteiger partial charge in [0.05, 0.1) is 0 Å². The van der Waals surface area contributed by atoms with E-state index in [1.165, 1.54) is 30.4 Å². The van der Waals surface area contributed by atoms with Crippen molar-refractivity contribution < 1.29 is 15.0 Å². The first-order valence-corrected chi connectivity index (χ1v) is 7.22. The predicted octanol–water partition coefficient (Wildman–Crippen LogP) is 2.88. The van der Waals surface area contributed by atoms with Crippen molar-refractivity contribution >= 4 is 12.0 Å². The minimum atomic E-state index is -0.468. The summed E-state index contributed by atoms with van der Waals surface area (Å²) in [4.78, 5) is 12.0. The summed E-state index contributed by atoms with van der Waals surface area (Å²) >= 11 is 0. The number of hydrogen-bond donors (Lipinski definition) is 3. The topological polar surface area (TPSA) is 93.3 Å². The lowest BCUT2D eigenvalue weighted by Crippen LogP contribution is -2.23. The average molecular weight is 320 g/mol. The van der Waals surface area contributed by atoms with Crippen molar-refractivity contribution in [2.75, 3.05) is 0 Å². The van der Waals surface area contributed by atoms with Gasteiger partial charge in [0.1, 0.15) is 23.1 Å². The van der Waals surface area contributed by atoms with E-state index in [-0.39, 0.29) is 17.1 Å². The molecule has 1 amide bonds. The number of benzene rings is 2. The van der Waals surface area contributed by atoms with Crippen LogP contribution in [0, 0.1) is 11.3 Å². The van der Waals surface area contributed by atoms with Gasteiger partial charge in [0.2, 0.25) is 0 Å². The standard InChI is InChI=1S/C19H16N2O3/c20-12-16(19(24)21-13-14-5-2-1-3-6-14)8-4-7-15-9-17(22)11-18(23)10-15/h1-11,22-23H,13H2,(H,21,24). The Labute approximate surface area is 139 Å². The van der Waals surface area contributed by atoms with Crippen LogP contribution in [0.2, 0.25) is 0 Å². The third kappa shape index (κ3) is 5.04. The summed E-state index contributed by atoms with van der Waals surface area (Å²) in [5, 5.41) is 30.5. The van der Waals surface area contributed by atoms with Gasteiger partial charge >= 0.3 is 0 Å². The molecule has 0 fully saturated rings. The van der Waals surface area contributed by atoms with Gasteiger partial charge in [-0.05, 0) is 29.3 Å². The number of rotatable bonds is 5. The number of allylic oxidation sites excluding steroid dienone is 2. The Morgan fingerprint density at radius 1 is 1.12 bits per heavy atom. The Morgan fingerprint density at radius 2 is 1.79 bits per heavy atom. The molecule has 0 aliphatic rings. The maximum absolute atomic E-state index is 12.0. The molecule has 5 heteroatoms. The van der Waals surface area contributed by atoms with Gasteiger partial charge in [0.25, 0.3) is 5.91 Å². The zero-order chi connectivity index (χ0) is 17.4. The van der Waals surface area contributed by atoms with E-state index in [4.69, 9.17) is 5.26 Å². The van der Waals surface area contributed by atoms with Crippen LogP contribution >= 0.6 is 0 Å². The molecule has 3 N–H and O–H groups in total. The van der Waals surface area contributed by atoms with E-state index >= 15 is 0 Å². The number of phenolic OH excluding ortho intramolecular Hbond substituents is 2. The van der Waals surface area contributed by atoms with Crippen molar-refractivity contribution in [1.82, 2.24) is 5.32 Å². The van der Waals surface area contributed by atoms with E-state index in [2.05, 4.69) is 5.32 Å². The Bertz CT molecular complexity index is 798. The lowest BCUT2D eigenvalue weighted by atomic mass is 10.1. The zero-order valence-corrected chi connectivity index (χ0v) is 12.8. The van der Waals surface area contributed by atoms with Crippen LogP contribution in [-0.2, 0) is 11.3 Å². The minimum Gasteiger partial charge on any atom is -0.508 e. The van der Waals surface area contributed by atoms with Gasteiger partial charge in [-0.3, -0.25) is 4.79 Å². The van der Waals surface area contributed by atoms with E-state index < -0.39 is 5.91 Å². The largest absolute Gasteiger partial charge is 0.508 e. The predicted molar refractivity (Wildman–Crippen MR) is 90.8 cm³/mol. The van der Waals surface area contributed by atoms with Gasteiger partial charge in [-0.15, -0.1) is 0 Å². The first kappa shape index (κ1) is 16.8. The lowest BCUT2D eigenvalue weighted by Gasteiger charge is -2.03. The van der Waals surface area contributed by atoms with E-state index in [1.807, 2.05) is 36.4 Å². The highest BCUT2D eigenvalue weighted by Crippen LogP contribution is 2.21. The van der Waals surface area contributed by atoms with Gasteiger partial charge < -0.3 is 15.5 Å². The van der Waals surface area contributed by atoms with Gasteiger partial charge in [0.15, 0.2) is 0 Å². The summed E-state index contributed by atoms with van der Waals surface area (Å²) in [6, 6.07) is 15.3. The molecule has 0 radical (unpaired) electrons. The maximum atomic E-state index is 12.0. The molecule has 0 saturated carbocycles. The highest BCUT2D eigenvalue weighted by atomic mass is 16.3. The quantitative estimate of drug-likeness (QED) is 0.448. The molecule has 0 aliphatic carbocycles. The van der Waals surface area contributed by atoms with Crippen LogP contribution in [0.5, 0.6) is 11.5 Å². The number of phenols is 2. The Morgan fingerprint density at radius 3 is 2.42 bits per heavy atom. The molecule has 0 saturated heterocycles. The van der Waals surface area contributed by atoms with Gasteiger partial charge in [-0.1, -0.05) is 42.5 Å². The monoisotopic (exact) mass is 320 g/mol. The normalized spacial score (nSPS) is 11.2. The van der Waals surface area contributed by atoms with Crippen LogP contribution in [0.4, 0.5) is 0 Å². The number of nitrogens with zero attached hydrogens (tertiary/aromatic N) is 1. The van der Waals surface area contributed by atoms with Crippen LogP contribution in [0.1, 0.15) is 11.1 Å². The Hall–Kier alpha value is -3.52. The van der Waals surface area contributed by atoms with Gasteiger partial charge in [-0.25, -0.2) is 0 Å². The molecule has 0 bridgehead atoms. The summed E-state index contributed by atoms with van der Waals surface area (Å²) in [6.45, 7) is 0.336.